The summed E-state index contributed by atoms with van der Waals surface area (Å²) in [5.41, 5.74) is 1.36. The van der Waals surface area contributed by atoms with E-state index in [1.165, 1.54) is 32.0 Å². The molecule has 0 bridgehead atoms. The van der Waals surface area contributed by atoms with Crippen molar-refractivity contribution in [3.63, 3.8) is 0 Å². The van der Waals surface area contributed by atoms with Gasteiger partial charge in [0.2, 0.25) is 5.78 Å². The molecular formula is C25H28N2O9. The van der Waals surface area contributed by atoms with Gasteiger partial charge >= 0.3 is 5.97 Å². The van der Waals surface area contributed by atoms with Gasteiger partial charge in [-0.15, -0.1) is 0 Å². The lowest BCUT2D eigenvalue weighted by Gasteiger charge is -2.54. The molecule has 1 aromatic carbocycles. The Morgan fingerprint density at radius 1 is 1.17 bits per heavy atom. The Hall–Kier alpha value is -3.70. The monoisotopic (exact) mass is 500 g/mol. The van der Waals surface area contributed by atoms with Gasteiger partial charge in [0.25, 0.3) is 5.91 Å². The molecule has 1 aromatic rings. The lowest BCUT2D eigenvalue weighted by Crippen LogP contribution is -2.69. The average Bonchev–Trinajstić information content (AvgIpc) is 2.80. The largest absolute Gasteiger partial charge is 0.510 e. The Bertz CT molecular complexity index is 1260. The fraction of sp³-hybridized carbons (Fsp3) is 0.440. The van der Waals surface area contributed by atoms with Gasteiger partial charge in [-0.25, -0.2) is 0 Å². The standard InChI is InChI=1S/C25H28N2O9/c1-5-12(29)36-21-13-9(2)10-7-6-8-11(28)14(10)19(30)15(13)22(32)25(35)17(21)18(27(3)4)20(31)16(23(25)33)24(26)34/h6-9,13,17-18,21,28,31-32,35H,5H2,1-4H3,(H2,26,34)/t9-,13+,17-,18-,21-,25+/m1/s1. The van der Waals surface area contributed by atoms with E-state index in [0.717, 1.165) is 0 Å². The van der Waals surface area contributed by atoms with Crippen LogP contribution in [0.25, 0.3) is 0 Å². The maximum Gasteiger partial charge on any atom is 0.305 e. The molecule has 1 amide bonds. The summed E-state index contributed by atoms with van der Waals surface area (Å²) >= 11 is 0. The first-order chi connectivity index (χ1) is 16.8. The number of amides is 1. The van der Waals surface area contributed by atoms with Crippen LogP contribution in [0.2, 0.25) is 0 Å². The number of esters is 1. The Morgan fingerprint density at radius 2 is 1.81 bits per heavy atom. The SMILES string of the molecule is CCC(=O)O[C@@H]1[C@@H]2C(=C(O)[C@]3(O)C(=O)C(C(N)=O)=C(O)[C@H](N(C)C)[C@H]13)C(=O)c1c(O)cccc1[C@H]2C. The van der Waals surface area contributed by atoms with Gasteiger partial charge in [-0.05, 0) is 31.6 Å². The molecule has 0 spiro atoms. The van der Waals surface area contributed by atoms with Crippen LogP contribution in [0.15, 0.2) is 40.9 Å². The molecule has 0 aliphatic heterocycles. The van der Waals surface area contributed by atoms with Gasteiger partial charge in [0.15, 0.2) is 11.4 Å². The molecule has 11 nitrogen and oxygen atoms in total. The Balaban J connectivity index is 2.11. The number of likely N-dealkylation sites (N-methyl/N-ethyl adjacent to an activating group) is 1. The minimum atomic E-state index is -2.94. The number of aliphatic hydroxyl groups is 3. The number of phenolic OH excluding ortho intramolecular Hbond substituents is 1. The lowest BCUT2D eigenvalue weighted by atomic mass is 9.55. The van der Waals surface area contributed by atoms with Gasteiger partial charge in [0, 0.05) is 17.9 Å². The molecule has 0 radical (unpaired) electrons. The second-order valence-corrected chi connectivity index (χ2v) is 9.61. The first kappa shape index (κ1) is 25.4. The summed E-state index contributed by atoms with van der Waals surface area (Å²) in [5.74, 6) is -9.67. The van der Waals surface area contributed by atoms with Crippen LogP contribution in [0.1, 0.15) is 42.1 Å². The van der Waals surface area contributed by atoms with Crippen molar-refractivity contribution >= 4 is 23.4 Å². The zero-order valence-electron chi connectivity index (χ0n) is 20.2. The summed E-state index contributed by atoms with van der Waals surface area (Å²) in [7, 11) is 2.99. The number of benzene rings is 1. The van der Waals surface area contributed by atoms with Gasteiger partial charge in [0.1, 0.15) is 28.9 Å². The maximum absolute atomic E-state index is 13.6. The molecule has 36 heavy (non-hydrogen) atoms. The van der Waals surface area contributed by atoms with E-state index in [1.54, 1.807) is 19.1 Å². The van der Waals surface area contributed by atoms with E-state index in [0.29, 0.717) is 5.56 Å². The quantitative estimate of drug-likeness (QED) is 0.289. The number of hydrogen-bond acceptors (Lipinski definition) is 10. The third kappa shape index (κ3) is 3.19. The van der Waals surface area contributed by atoms with E-state index in [9.17, 15) is 39.6 Å². The molecule has 0 fully saturated rings. The minimum Gasteiger partial charge on any atom is -0.510 e. The highest BCUT2D eigenvalue weighted by atomic mass is 16.5. The third-order valence-corrected chi connectivity index (χ3v) is 7.52. The molecule has 0 unspecified atom stereocenters. The molecule has 0 saturated heterocycles. The molecule has 0 saturated carbocycles. The number of carbonyl (C=O) groups is 4. The lowest BCUT2D eigenvalue weighted by molar-refractivity contribution is -0.180. The zero-order chi connectivity index (χ0) is 26.9. The number of Topliss-reactive ketones (excluding diaryl/α,β-unsaturated/α-hetero) is 2. The molecular weight excluding hydrogens is 472 g/mol. The smallest absolute Gasteiger partial charge is 0.305 e. The second kappa shape index (κ2) is 8.45. The molecule has 6 N–H and O–H groups in total. The topological polar surface area (TPSA) is 188 Å². The average molecular weight is 501 g/mol. The number of aromatic hydroxyl groups is 1. The van der Waals surface area contributed by atoms with Crippen LogP contribution in [0.5, 0.6) is 5.75 Å². The van der Waals surface area contributed by atoms with E-state index in [-0.39, 0.29) is 17.7 Å². The number of hydrogen-bond donors (Lipinski definition) is 5. The van der Waals surface area contributed by atoms with Crippen LogP contribution >= 0.6 is 0 Å². The van der Waals surface area contributed by atoms with Crippen molar-refractivity contribution in [2.75, 3.05) is 14.1 Å². The summed E-state index contributed by atoms with van der Waals surface area (Å²) in [6.45, 7) is 3.23. The second-order valence-electron chi connectivity index (χ2n) is 9.61. The predicted octanol–water partition coefficient (Wildman–Crippen LogP) is 0.613. The van der Waals surface area contributed by atoms with Gasteiger partial charge in [0.05, 0.1) is 17.5 Å². The number of ketones is 2. The summed E-state index contributed by atoms with van der Waals surface area (Å²) in [6.07, 6.45) is -1.47. The molecule has 6 atom stereocenters. The van der Waals surface area contributed by atoms with Crippen LogP contribution in [0.4, 0.5) is 0 Å². The highest BCUT2D eigenvalue weighted by Crippen LogP contribution is 2.56. The third-order valence-electron chi connectivity index (χ3n) is 7.52. The van der Waals surface area contributed by atoms with E-state index < -0.39 is 81.6 Å². The van der Waals surface area contributed by atoms with Crippen molar-refractivity contribution in [2.24, 2.45) is 17.6 Å². The Kier molecular flexibility index (Phi) is 5.96. The summed E-state index contributed by atoms with van der Waals surface area (Å²) in [5, 5.41) is 44.7. The van der Waals surface area contributed by atoms with E-state index in [4.69, 9.17) is 10.5 Å². The highest BCUT2D eigenvalue weighted by molar-refractivity contribution is 6.25. The normalized spacial score (nSPS) is 31.7. The number of carbonyl (C=O) groups excluding carboxylic acids is 4. The van der Waals surface area contributed by atoms with Crippen LogP contribution in [-0.2, 0) is 19.1 Å². The van der Waals surface area contributed by atoms with Crippen molar-refractivity contribution < 1.29 is 44.3 Å². The van der Waals surface area contributed by atoms with Crippen molar-refractivity contribution in [3.05, 3.63) is 52.0 Å². The molecule has 192 valence electrons. The molecule has 3 aliphatic carbocycles. The van der Waals surface area contributed by atoms with Crippen LogP contribution < -0.4 is 5.73 Å². The van der Waals surface area contributed by atoms with E-state index in [2.05, 4.69) is 0 Å². The minimum absolute atomic E-state index is 0.0754. The van der Waals surface area contributed by atoms with Crippen LogP contribution in [0.3, 0.4) is 0 Å². The van der Waals surface area contributed by atoms with Gasteiger partial charge in [-0.2, -0.15) is 0 Å². The number of fused-ring (bicyclic) bond motifs is 3. The Labute approximate surface area is 206 Å². The number of phenols is 1. The summed E-state index contributed by atoms with van der Waals surface area (Å²) < 4.78 is 5.74. The first-order valence-electron chi connectivity index (χ1n) is 11.5. The molecule has 11 heteroatoms. The number of nitrogens with two attached hydrogens (primary N) is 1. The predicted molar refractivity (Wildman–Crippen MR) is 124 cm³/mol. The maximum atomic E-state index is 13.6. The van der Waals surface area contributed by atoms with Crippen molar-refractivity contribution in [2.45, 2.75) is 43.9 Å². The van der Waals surface area contributed by atoms with E-state index >= 15 is 0 Å². The summed E-state index contributed by atoms with van der Waals surface area (Å²) in [4.78, 5) is 53.2. The molecule has 0 heterocycles. The first-order valence-corrected chi connectivity index (χ1v) is 11.5. The van der Waals surface area contributed by atoms with Gasteiger partial charge < -0.3 is 30.9 Å². The molecule has 3 aliphatic rings. The fourth-order valence-electron chi connectivity index (χ4n) is 5.93. The fourth-order valence-corrected chi connectivity index (χ4v) is 5.93. The van der Waals surface area contributed by atoms with E-state index in [1.807, 2.05) is 0 Å². The van der Waals surface area contributed by atoms with Crippen molar-refractivity contribution in [1.82, 2.24) is 4.90 Å². The molecule has 0 aromatic heterocycles. The summed E-state index contributed by atoms with van der Waals surface area (Å²) in [6, 6.07) is 3.14. The van der Waals surface area contributed by atoms with Crippen molar-refractivity contribution in [3.8, 4) is 5.75 Å². The van der Waals surface area contributed by atoms with Gasteiger partial charge in [-0.1, -0.05) is 26.0 Å². The Morgan fingerprint density at radius 3 is 2.36 bits per heavy atom. The van der Waals surface area contributed by atoms with Gasteiger partial charge in [-0.3, -0.25) is 24.1 Å². The molecule has 4 rings (SSSR count). The van der Waals surface area contributed by atoms with Crippen molar-refractivity contribution in [1.29, 1.82) is 0 Å². The number of rotatable bonds is 4. The number of ether oxygens (including phenoxy) is 1. The zero-order valence-corrected chi connectivity index (χ0v) is 20.2. The number of primary amides is 1. The van der Waals surface area contributed by atoms with Crippen LogP contribution in [-0.4, -0.2) is 80.6 Å². The number of nitrogens with zero attached hydrogens (tertiary/aromatic N) is 1. The highest BCUT2D eigenvalue weighted by Gasteiger charge is 2.68. The van der Waals surface area contributed by atoms with Crippen LogP contribution in [0, 0.1) is 11.8 Å². The number of aliphatic hydroxyl groups excluding tert-OH is 2.